The molecule has 0 aliphatic rings. The van der Waals surface area contributed by atoms with Crippen molar-refractivity contribution in [2.24, 2.45) is 0 Å². The van der Waals surface area contributed by atoms with Crippen LogP contribution in [0.25, 0.3) is 10.6 Å². The summed E-state index contributed by atoms with van der Waals surface area (Å²) in [6, 6.07) is 9.80. The number of rotatable bonds is 12. The van der Waals surface area contributed by atoms with Crippen molar-refractivity contribution in [1.29, 1.82) is 0 Å². The molecule has 170 valence electrons. The third kappa shape index (κ3) is 6.43. The average molecular weight is 459 g/mol. The number of carboxylic acid groups (broad SMARTS) is 1. The van der Waals surface area contributed by atoms with E-state index in [-0.39, 0.29) is 17.0 Å². The lowest BCUT2D eigenvalue weighted by atomic mass is 10.1. The topological polar surface area (TPSA) is 92.9 Å². The smallest absolute Gasteiger partial charge is 0.303 e. The predicted molar refractivity (Wildman–Crippen MR) is 123 cm³/mol. The fourth-order valence-electron chi connectivity index (χ4n) is 2.97. The number of amides is 1. The SMILES string of the molecule is [2H]C([2H])(c1ccccc1OCCCCCC(=O)O)N(C(=O)c1ncc(-c2ccco2)s1)C(C)C. The van der Waals surface area contributed by atoms with E-state index in [2.05, 4.69) is 4.98 Å². The zero-order valence-corrected chi connectivity index (χ0v) is 18.9. The second-order valence-corrected chi connectivity index (χ2v) is 8.47. The van der Waals surface area contributed by atoms with Crippen molar-refractivity contribution in [3.63, 3.8) is 0 Å². The number of aromatic nitrogens is 1. The molecular weight excluding hydrogens is 428 g/mol. The summed E-state index contributed by atoms with van der Waals surface area (Å²) in [5.74, 6) is -0.405. The fraction of sp³-hybridized carbons (Fsp3) is 0.375. The average Bonchev–Trinajstić information content (AvgIpc) is 3.47. The van der Waals surface area contributed by atoms with Gasteiger partial charge in [0.2, 0.25) is 0 Å². The molecule has 32 heavy (non-hydrogen) atoms. The first-order valence-electron chi connectivity index (χ1n) is 11.5. The molecule has 2 aromatic heterocycles. The molecule has 0 bridgehead atoms. The van der Waals surface area contributed by atoms with Gasteiger partial charge in [0.1, 0.15) is 11.5 Å². The molecule has 8 heteroatoms. The van der Waals surface area contributed by atoms with Crippen LogP contribution in [0.3, 0.4) is 0 Å². The zero-order chi connectivity index (χ0) is 24.7. The highest BCUT2D eigenvalue weighted by molar-refractivity contribution is 7.16. The van der Waals surface area contributed by atoms with Gasteiger partial charge in [-0.05, 0) is 51.3 Å². The van der Waals surface area contributed by atoms with E-state index in [4.69, 9.17) is 17.0 Å². The second kappa shape index (κ2) is 11.5. The first-order valence-corrected chi connectivity index (χ1v) is 11.3. The van der Waals surface area contributed by atoms with Gasteiger partial charge >= 0.3 is 5.97 Å². The number of carboxylic acids is 1. The van der Waals surface area contributed by atoms with Crippen LogP contribution in [0.4, 0.5) is 0 Å². The van der Waals surface area contributed by atoms with Crippen LogP contribution in [0.1, 0.15) is 57.6 Å². The van der Waals surface area contributed by atoms with Crippen molar-refractivity contribution < 1.29 is 26.6 Å². The normalized spacial score (nSPS) is 12.3. The van der Waals surface area contributed by atoms with Crippen LogP contribution in [-0.4, -0.2) is 39.5 Å². The van der Waals surface area contributed by atoms with E-state index in [0.717, 1.165) is 11.3 Å². The van der Waals surface area contributed by atoms with Gasteiger partial charge in [-0.3, -0.25) is 9.59 Å². The van der Waals surface area contributed by atoms with Crippen molar-refractivity contribution in [3.8, 4) is 16.4 Å². The van der Waals surface area contributed by atoms with Crippen molar-refractivity contribution in [2.45, 2.75) is 52.1 Å². The number of aliphatic carboxylic acids is 1. The van der Waals surface area contributed by atoms with Gasteiger partial charge in [-0.2, -0.15) is 0 Å². The Hall–Kier alpha value is -3.13. The molecule has 7 nitrogen and oxygen atoms in total. The molecule has 0 radical (unpaired) electrons. The van der Waals surface area contributed by atoms with E-state index in [9.17, 15) is 9.59 Å². The lowest BCUT2D eigenvalue weighted by Crippen LogP contribution is -2.36. The summed E-state index contributed by atoms with van der Waals surface area (Å²) in [7, 11) is 0. The fourth-order valence-corrected chi connectivity index (χ4v) is 3.80. The molecule has 0 aliphatic heterocycles. The summed E-state index contributed by atoms with van der Waals surface area (Å²) < 4.78 is 29.0. The van der Waals surface area contributed by atoms with Crippen LogP contribution in [-0.2, 0) is 11.3 Å². The van der Waals surface area contributed by atoms with Gasteiger partial charge in [0.05, 0.1) is 20.5 Å². The highest BCUT2D eigenvalue weighted by Gasteiger charge is 2.24. The molecular formula is C24H28N2O5S. The first-order chi connectivity index (χ1) is 16.2. The Bertz CT molecular complexity index is 1100. The number of nitrogens with zero attached hydrogens (tertiary/aromatic N) is 2. The number of hydrogen-bond acceptors (Lipinski definition) is 6. The highest BCUT2D eigenvalue weighted by Crippen LogP contribution is 2.28. The number of carbonyl (C=O) groups is 2. The molecule has 0 aliphatic carbocycles. The summed E-state index contributed by atoms with van der Waals surface area (Å²) >= 11 is 1.15. The quantitative estimate of drug-likeness (QED) is 0.361. The monoisotopic (exact) mass is 458 g/mol. The van der Waals surface area contributed by atoms with Crippen LogP contribution >= 0.6 is 11.3 Å². The van der Waals surface area contributed by atoms with Crippen LogP contribution in [0.5, 0.6) is 5.75 Å². The summed E-state index contributed by atoms with van der Waals surface area (Å²) in [4.78, 5) is 30.1. The van der Waals surface area contributed by atoms with Crippen LogP contribution < -0.4 is 4.74 Å². The van der Waals surface area contributed by atoms with Gasteiger partial charge in [0, 0.05) is 30.7 Å². The molecule has 3 rings (SSSR count). The minimum Gasteiger partial charge on any atom is -0.493 e. The molecule has 2 heterocycles. The summed E-state index contributed by atoms with van der Waals surface area (Å²) in [6.07, 6.45) is 5.10. The molecule has 1 amide bonds. The number of para-hydroxylation sites is 1. The first kappa shape index (κ1) is 20.8. The molecule has 0 spiro atoms. The number of benzene rings is 1. The van der Waals surface area contributed by atoms with Gasteiger partial charge in [-0.1, -0.05) is 18.2 Å². The molecule has 0 unspecified atom stereocenters. The van der Waals surface area contributed by atoms with Gasteiger partial charge in [0.15, 0.2) is 5.01 Å². The Balaban J connectivity index is 1.78. The summed E-state index contributed by atoms with van der Waals surface area (Å²) in [5, 5.41) is 8.90. The zero-order valence-electron chi connectivity index (χ0n) is 20.1. The molecule has 1 N–H and O–H groups in total. The molecule has 1 aromatic carbocycles. The van der Waals surface area contributed by atoms with Crippen LogP contribution in [0.15, 0.2) is 53.3 Å². The number of unbranched alkanes of at least 4 members (excludes halogenated alkanes) is 2. The molecule has 0 atom stereocenters. The number of furan rings is 1. The Morgan fingerprint density at radius 1 is 1.22 bits per heavy atom. The van der Waals surface area contributed by atoms with Crippen molar-refractivity contribution in [2.75, 3.05) is 6.61 Å². The van der Waals surface area contributed by atoms with Gasteiger partial charge in [-0.25, -0.2) is 4.98 Å². The second-order valence-electron chi connectivity index (χ2n) is 7.44. The Morgan fingerprint density at radius 2 is 2.03 bits per heavy atom. The van der Waals surface area contributed by atoms with Crippen molar-refractivity contribution >= 4 is 23.2 Å². The molecule has 0 saturated heterocycles. The van der Waals surface area contributed by atoms with Crippen LogP contribution in [0.2, 0.25) is 0 Å². The number of hydrogen-bond donors (Lipinski definition) is 1. The number of thiazole rings is 1. The maximum atomic E-state index is 13.4. The third-order valence-corrected chi connectivity index (χ3v) is 5.61. The van der Waals surface area contributed by atoms with E-state index >= 15 is 0 Å². The Kier molecular flexibility index (Phi) is 7.44. The molecule has 3 aromatic rings. The lowest BCUT2D eigenvalue weighted by Gasteiger charge is -2.27. The van der Waals surface area contributed by atoms with E-state index < -0.39 is 24.4 Å². The summed E-state index contributed by atoms with van der Waals surface area (Å²) in [5.41, 5.74) is 0.241. The number of ether oxygens (including phenoxy) is 1. The van der Waals surface area contributed by atoms with Crippen molar-refractivity contribution in [3.05, 3.63) is 59.4 Å². The Labute approximate surface area is 194 Å². The van der Waals surface area contributed by atoms with Gasteiger partial charge < -0.3 is 19.2 Å². The van der Waals surface area contributed by atoms with E-state index in [1.165, 1.54) is 4.90 Å². The van der Waals surface area contributed by atoms with Gasteiger partial charge in [-0.15, -0.1) is 11.3 Å². The van der Waals surface area contributed by atoms with Crippen molar-refractivity contribution in [1.82, 2.24) is 9.88 Å². The maximum Gasteiger partial charge on any atom is 0.303 e. The third-order valence-electron chi connectivity index (χ3n) is 4.61. The maximum absolute atomic E-state index is 13.4. The van der Waals surface area contributed by atoms with E-state index in [1.54, 1.807) is 62.7 Å². The van der Waals surface area contributed by atoms with Gasteiger partial charge in [0.25, 0.3) is 5.91 Å². The lowest BCUT2D eigenvalue weighted by molar-refractivity contribution is -0.137. The Morgan fingerprint density at radius 3 is 2.75 bits per heavy atom. The molecule has 0 saturated carbocycles. The predicted octanol–water partition coefficient (Wildman–Crippen LogP) is 5.48. The minimum absolute atomic E-state index is 0.114. The summed E-state index contributed by atoms with van der Waals surface area (Å²) in [6.45, 7) is 1.66. The largest absolute Gasteiger partial charge is 0.493 e. The highest BCUT2D eigenvalue weighted by atomic mass is 32.1. The van der Waals surface area contributed by atoms with E-state index in [0.29, 0.717) is 42.3 Å². The minimum atomic E-state index is -2.17. The van der Waals surface area contributed by atoms with Crippen LogP contribution in [0, 0.1) is 0 Å². The standard InChI is InChI=1S/C24H28N2O5S/c1-17(2)26(24(29)23-25-15-21(32-23)20-11-8-14-31-20)16-18-9-5-6-10-19(18)30-13-7-3-4-12-22(27)28/h5-6,8-11,14-15,17H,3-4,7,12-13,16H2,1-2H3,(H,27,28)/i16D2. The van der Waals surface area contributed by atoms with E-state index in [1.807, 2.05) is 0 Å². The number of carbonyl (C=O) groups excluding carboxylic acids is 1. The molecule has 0 fully saturated rings.